The molecule has 4 fully saturated rings. The van der Waals surface area contributed by atoms with Crippen LogP contribution in [-0.4, -0.2) is 47.2 Å². The molecule has 1 saturated carbocycles. The van der Waals surface area contributed by atoms with Crippen LogP contribution in [0.15, 0.2) is 6.33 Å². The highest BCUT2D eigenvalue weighted by atomic mass is 19.1. The first-order valence-electron chi connectivity index (χ1n) is 10.3. The van der Waals surface area contributed by atoms with Crippen molar-refractivity contribution in [3.05, 3.63) is 17.8 Å². The maximum atomic E-state index is 14.8. The van der Waals surface area contributed by atoms with Crippen LogP contribution in [0.1, 0.15) is 44.7 Å². The van der Waals surface area contributed by atoms with E-state index in [1.165, 1.54) is 6.33 Å². The second kappa shape index (κ2) is 6.40. The molecule has 0 unspecified atom stereocenters. The van der Waals surface area contributed by atoms with Gasteiger partial charge in [0.05, 0.1) is 17.4 Å². The van der Waals surface area contributed by atoms with Crippen molar-refractivity contribution in [2.24, 2.45) is 17.8 Å². The van der Waals surface area contributed by atoms with Gasteiger partial charge in [-0.15, -0.1) is 0 Å². The lowest BCUT2D eigenvalue weighted by atomic mass is 9.73. The Morgan fingerprint density at radius 3 is 3.00 bits per heavy atom. The first-order valence-corrected chi connectivity index (χ1v) is 10.3. The third kappa shape index (κ3) is 2.65. The zero-order valence-corrected chi connectivity index (χ0v) is 15.8. The number of halogens is 1. The number of hydrogen-bond acceptors (Lipinski definition) is 5. The molecule has 146 valence electrons. The topological polar surface area (TPSA) is 67.4 Å². The summed E-state index contributed by atoms with van der Waals surface area (Å²) in [6.45, 7) is 3.99. The van der Waals surface area contributed by atoms with Crippen molar-refractivity contribution in [3.63, 3.8) is 0 Å². The molecule has 1 N–H and O–H groups in total. The van der Waals surface area contributed by atoms with Crippen molar-refractivity contribution in [3.8, 4) is 0 Å². The van der Waals surface area contributed by atoms with Gasteiger partial charge in [-0.2, -0.15) is 0 Å². The van der Waals surface area contributed by atoms with Gasteiger partial charge >= 0.3 is 0 Å². The molecule has 27 heavy (non-hydrogen) atoms. The third-order valence-corrected chi connectivity index (χ3v) is 7.25. The lowest BCUT2D eigenvalue weighted by Gasteiger charge is -2.30. The molecule has 4 atom stereocenters. The fourth-order valence-electron chi connectivity index (χ4n) is 5.52. The fraction of sp³-hybridized carbons (Fsp3) is 0.750. The van der Waals surface area contributed by atoms with Crippen molar-refractivity contribution in [1.29, 1.82) is 0 Å². The van der Waals surface area contributed by atoms with Crippen LogP contribution >= 0.6 is 0 Å². The van der Waals surface area contributed by atoms with E-state index in [1.54, 1.807) is 0 Å². The number of fused-ring (bicyclic) bond motifs is 1. The number of anilines is 1. The minimum Gasteiger partial charge on any atom is -0.369 e. The first kappa shape index (κ1) is 17.3. The standard InChI is InChI=1S/C20H27FN4O2/c1-2-15-17(21)18(24-11-23-15)25-9-14-13(8-22-19(26)12-4-3-5-12)16-6-7-20(14,10-25)27-16/h11-14,16H,2-10H2,1H3,(H,22,26)/t13-,14+,16+,20+/m0/s1. The van der Waals surface area contributed by atoms with Gasteiger partial charge in [0.15, 0.2) is 11.6 Å². The highest BCUT2D eigenvalue weighted by molar-refractivity contribution is 5.79. The minimum atomic E-state index is -0.305. The molecule has 3 aliphatic heterocycles. The highest BCUT2D eigenvalue weighted by Crippen LogP contribution is 2.55. The summed E-state index contributed by atoms with van der Waals surface area (Å²) in [5.41, 5.74) is 0.254. The Labute approximate surface area is 158 Å². The molecular formula is C20H27FN4O2. The number of aromatic nitrogens is 2. The van der Waals surface area contributed by atoms with Gasteiger partial charge in [0, 0.05) is 37.4 Å². The third-order valence-electron chi connectivity index (χ3n) is 7.25. The van der Waals surface area contributed by atoms with Gasteiger partial charge in [0.1, 0.15) is 6.33 Å². The van der Waals surface area contributed by atoms with E-state index in [9.17, 15) is 9.18 Å². The zero-order valence-electron chi connectivity index (χ0n) is 15.8. The Morgan fingerprint density at radius 2 is 2.26 bits per heavy atom. The molecule has 3 saturated heterocycles. The van der Waals surface area contributed by atoms with Crippen LogP contribution in [0.2, 0.25) is 0 Å². The Hall–Kier alpha value is -1.76. The van der Waals surface area contributed by atoms with Crippen molar-refractivity contribution in [1.82, 2.24) is 15.3 Å². The lowest BCUT2D eigenvalue weighted by Crippen LogP contribution is -2.44. The molecule has 6 nitrogen and oxygen atoms in total. The maximum absolute atomic E-state index is 14.8. The van der Waals surface area contributed by atoms with Crippen LogP contribution in [0.3, 0.4) is 0 Å². The Morgan fingerprint density at radius 1 is 1.41 bits per heavy atom. The monoisotopic (exact) mass is 374 g/mol. The summed E-state index contributed by atoms with van der Waals surface area (Å²) in [5.74, 6) is 1.12. The largest absolute Gasteiger partial charge is 0.369 e. The molecule has 2 bridgehead atoms. The van der Waals surface area contributed by atoms with Crippen LogP contribution < -0.4 is 10.2 Å². The van der Waals surface area contributed by atoms with Crippen LogP contribution in [-0.2, 0) is 16.0 Å². The van der Waals surface area contributed by atoms with Crippen molar-refractivity contribution in [2.45, 2.75) is 57.2 Å². The number of nitrogens with one attached hydrogen (secondary N) is 1. The Kier molecular flexibility index (Phi) is 4.11. The van der Waals surface area contributed by atoms with Gasteiger partial charge in [-0.25, -0.2) is 14.4 Å². The van der Waals surface area contributed by atoms with Crippen LogP contribution in [0.4, 0.5) is 10.2 Å². The lowest BCUT2D eigenvalue weighted by molar-refractivity contribution is -0.127. The number of carbonyl (C=O) groups is 1. The molecule has 5 rings (SSSR count). The average molecular weight is 374 g/mol. The van der Waals surface area contributed by atoms with E-state index < -0.39 is 0 Å². The molecule has 0 aromatic carbocycles. The van der Waals surface area contributed by atoms with E-state index >= 15 is 0 Å². The van der Waals surface area contributed by atoms with Gasteiger partial charge in [-0.05, 0) is 32.1 Å². The predicted octanol–water partition coefficient (Wildman–Crippen LogP) is 2.08. The summed E-state index contributed by atoms with van der Waals surface area (Å²) in [5, 5.41) is 3.17. The van der Waals surface area contributed by atoms with Crippen molar-refractivity contribution >= 4 is 11.7 Å². The second-order valence-corrected chi connectivity index (χ2v) is 8.60. The summed E-state index contributed by atoms with van der Waals surface area (Å²) in [6, 6.07) is 0. The molecule has 7 heteroatoms. The van der Waals surface area contributed by atoms with E-state index in [2.05, 4.69) is 15.3 Å². The molecule has 1 amide bonds. The molecule has 4 aliphatic rings. The maximum Gasteiger partial charge on any atom is 0.223 e. The number of nitrogens with zero attached hydrogens (tertiary/aromatic N) is 3. The van der Waals surface area contributed by atoms with Gasteiger partial charge in [-0.3, -0.25) is 4.79 Å². The number of amides is 1. The quantitative estimate of drug-likeness (QED) is 0.855. The van der Waals surface area contributed by atoms with E-state index in [-0.39, 0.29) is 29.3 Å². The molecule has 1 aromatic heterocycles. The van der Waals surface area contributed by atoms with E-state index in [1.807, 2.05) is 11.8 Å². The number of hydrogen-bond donors (Lipinski definition) is 1. The Balaban J connectivity index is 1.32. The summed E-state index contributed by atoms with van der Waals surface area (Å²) in [7, 11) is 0. The Bertz CT molecular complexity index is 755. The second-order valence-electron chi connectivity index (χ2n) is 8.60. The summed E-state index contributed by atoms with van der Waals surface area (Å²) >= 11 is 0. The molecular weight excluding hydrogens is 347 g/mol. The number of aryl methyl sites for hydroxylation is 1. The minimum absolute atomic E-state index is 0.197. The zero-order chi connectivity index (χ0) is 18.6. The smallest absolute Gasteiger partial charge is 0.223 e. The number of ether oxygens (including phenoxy) is 1. The molecule has 1 aliphatic carbocycles. The van der Waals surface area contributed by atoms with Crippen LogP contribution in [0.25, 0.3) is 0 Å². The van der Waals surface area contributed by atoms with Gasteiger partial charge in [-0.1, -0.05) is 13.3 Å². The summed E-state index contributed by atoms with van der Waals surface area (Å²) in [4.78, 5) is 22.6. The van der Waals surface area contributed by atoms with E-state index in [0.717, 1.165) is 38.6 Å². The summed E-state index contributed by atoms with van der Waals surface area (Å²) < 4.78 is 21.2. The molecule has 1 spiro atoms. The van der Waals surface area contributed by atoms with Gasteiger partial charge in [0.2, 0.25) is 5.91 Å². The SMILES string of the molecule is CCc1ncnc(N2C[C@@H]3[C@H](CNC(=O)C4CCC4)[C@H]4CC[C@]3(C2)O4)c1F. The van der Waals surface area contributed by atoms with Crippen molar-refractivity contribution in [2.75, 3.05) is 24.5 Å². The number of rotatable bonds is 5. The number of carbonyl (C=O) groups excluding carboxylic acids is 1. The van der Waals surface area contributed by atoms with Crippen LogP contribution in [0.5, 0.6) is 0 Å². The van der Waals surface area contributed by atoms with Crippen molar-refractivity contribution < 1.29 is 13.9 Å². The van der Waals surface area contributed by atoms with E-state index in [4.69, 9.17) is 4.74 Å². The normalized spacial score (nSPS) is 34.6. The summed E-state index contributed by atoms with van der Waals surface area (Å²) in [6.07, 6.45) is 7.48. The first-order chi connectivity index (χ1) is 13.1. The average Bonchev–Trinajstić information content (AvgIpc) is 3.26. The molecule has 0 radical (unpaired) electrons. The van der Waals surface area contributed by atoms with E-state index in [0.29, 0.717) is 42.9 Å². The predicted molar refractivity (Wildman–Crippen MR) is 97.7 cm³/mol. The van der Waals surface area contributed by atoms with Crippen LogP contribution in [0, 0.1) is 23.6 Å². The fourth-order valence-corrected chi connectivity index (χ4v) is 5.52. The van der Waals surface area contributed by atoms with Gasteiger partial charge in [0.25, 0.3) is 0 Å². The van der Waals surface area contributed by atoms with Gasteiger partial charge < -0.3 is 15.0 Å². The molecule has 1 aromatic rings. The molecule has 4 heterocycles. The highest BCUT2D eigenvalue weighted by Gasteiger charge is 2.63.